The van der Waals surface area contributed by atoms with Crippen LogP contribution in [-0.2, 0) is 9.47 Å². The number of ether oxygens (including phenoxy) is 2. The molecule has 0 aromatic rings. The van der Waals surface area contributed by atoms with E-state index >= 15 is 0 Å². The van der Waals surface area contributed by atoms with Crippen LogP contribution in [0.4, 0.5) is 26.3 Å². The molecule has 0 saturated heterocycles. The lowest BCUT2D eigenvalue weighted by Crippen LogP contribution is -2.56. The van der Waals surface area contributed by atoms with E-state index in [1.54, 1.807) is 6.92 Å². The number of halogens is 7. The largest absolute Gasteiger partial charge is 0.423 e. The summed E-state index contributed by atoms with van der Waals surface area (Å²) in [6, 6.07) is 0. The van der Waals surface area contributed by atoms with Crippen molar-refractivity contribution >= 4 is 15.9 Å². The molecular weight excluding hydrogens is 346 g/mol. The first kappa shape index (κ1) is 17.0. The maximum Gasteiger partial charge on any atom is 0.423 e. The predicted octanol–water partition coefficient (Wildman–Crippen LogP) is 3.83. The van der Waals surface area contributed by atoms with E-state index < -0.39 is 30.7 Å². The van der Waals surface area contributed by atoms with Gasteiger partial charge in [-0.3, -0.25) is 0 Å². The Kier molecular flexibility index (Phi) is 5.53. The van der Waals surface area contributed by atoms with Gasteiger partial charge in [-0.05, 0) is 12.8 Å². The normalized spacial score (nSPS) is 28.6. The summed E-state index contributed by atoms with van der Waals surface area (Å²) in [5, 5.41) is 0. The van der Waals surface area contributed by atoms with Crippen molar-refractivity contribution in [2.45, 2.75) is 55.3 Å². The lowest BCUT2D eigenvalue weighted by atomic mass is 9.91. The molecule has 9 heteroatoms. The molecule has 0 aliphatic heterocycles. The van der Waals surface area contributed by atoms with Crippen LogP contribution in [0.15, 0.2) is 0 Å². The molecule has 1 rings (SSSR count). The minimum Gasteiger partial charge on any atom is -0.374 e. The van der Waals surface area contributed by atoms with Crippen molar-refractivity contribution in [3.05, 3.63) is 0 Å². The van der Waals surface area contributed by atoms with Crippen LogP contribution in [0.3, 0.4) is 0 Å². The van der Waals surface area contributed by atoms with Crippen LogP contribution in [0.1, 0.15) is 19.8 Å². The summed E-state index contributed by atoms with van der Waals surface area (Å²) < 4.78 is 83.3. The molecule has 3 atom stereocenters. The molecule has 2 nitrogen and oxygen atoms in total. The topological polar surface area (TPSA) is 18.5 Å². The minimum atomic E-state index is -5.48. The fourth-order valence-electron chi connectivity index (χ4n) is 1.64. The highest BCUT2D eigenvalue weighted by Crippen LogP contribution is 2.41. The standard InChI is InChI=1S/C10H13BrF6O2/c1-2-3-18-7-5(11)4-6(7)19-8(9(12,13)14)10(15,16)17/h5-8H,2-4H2,1H3. The van der Waals surface area contributed by atoms with Gasteiger partial charge in [0.2, 0.25) is 6.10 Å². The SMILES string of the molecule is CCCOC1C(Br)CC1OC(C(F)(F)F)C(F)(F)F. The van der Waals surface area contributed by atoms with Crippen LogP contribution in [0.25, 0.3) is 0 Å². The Morgan fingerprint density at radius 2 is 1.68 bits per heavy atom. The highest BCUT2D eigenvalue weighted by molar-refractivity contribution is 9.09. The maximum atomic E-state index is 12.3. The zero-order chi connectivity index (χ0) is 14.8. The first-order valence-electron chi connectivity index (χ1n) is 5.62. The average Bonchev–Trinajstić information content (AvgIpc) is 2.20. The van der Waals surface area contributed by atoms with Gasteiger partial charge in [0, 0.05) is 11.4 Å². The molecule has 0 heterocycles. The quantitative estimate of drug-likeness (QED) is 0.549. The van der Waals surface area contributed by atoms with Gasteiger partial charge in [-0.15, -0.1) is 0 Å². The van der Waals surface area contributed by atoms with Gasteiger partial charge in [-0.1, -0.05) is 22.9 Å². The van der Waals surface area contributed by atoms with Crippen molar-refractivity contribution in [2.75, 3.05) is 6.61 Å². The second-order valence-corrected chi connectivity index (χ2v) is 5.40. The van der Waals surface area contributed by atoms with Crippen LogP contribution in [0.5, 0.6) is 0 Å². The maximum absolute atomic E-state index is 12.3. The molecule has 1 aliphatic carbocycles. The van der Waals surface area contributed by atoms with Crippen LogP contribution in [0.2, 0.25) is 0 Å². The third-order valence-corrected chi connectivity index (χ3v) is 3.50. The van der Waals surface area contributed by atoms with Gasteiger partial charge in [-0.25, -0.2) is 0 Å². The van der Waals surface area contributed by atoms with Crippen molar-refractivity contribution in [1.29, 1.82) is 0 Å². The fourth-order valence-corrected chi connectivity index (χ4v) is 2.50. The summed E-state index contributed by atoms with van der Waals surface area (Å²) in [5.41, 5.74) is 0. The summed E-state index contributed by atoms with van der Waals surface area (Å²) in [7, 11) is 0. The molecule has 114 valence electrons. The average molecular weight is 359 g/mol. The van der Waals surface area contributed by atoms with Crippen molar-refractivity contribution in [1.82, 2.24) is 0 Å². The van der Waals surface area contributed by atoms with Gasteiger partial charge < -0.3 is 9.47 Å². The molecular formula is C10H13BrF6O2. The fraction of sp³-hybridized carbons (Fsp3) is 1.00. The number of hydrogen-bond acceptors (Lipinski definition) is 2. The molecule has 0 amide bonds. The Morgan fingerprint density at radius 3 is 2.05 bits per heavy atom. The molecule has 0 aromatic heterocycles. The van der Waals surface area contributed by atoms with Crippen LogP contribution < -0.4 is 0 Å². The van der Waals surface area contributed by atoms with Gasteiger partial charge in [-0.2, -0.15) is 26.3 Å². The third kappa shape index (κ3) is 4.49. The Balaban J connectivity index is 2.65. The molecule has 0 spiro atoms. The zero-order valence-electron chi connectivity index (χ0n) is 9.89. The van der Waals surface area contributed by atoms with Crippen LogP contribution in [0, 0.1) is 0 Å². The van der Waals surface area contributed by atoms with Gasteiger partial charge in [0.1, 0.15) is 0 Å². The summed E-state index contributed by atoms with van der Waals surface area (Å²) in [6.45, 7) is 2.04. The summed E-state index contributed by atoms with van der Waals surface area (Å²) in [5.74, 6) is 0. The highest BCUT2D eigenvalue weighted by atomic mass is 79.9. The smallest absolute Gasteiger partial charge is 0.374 e. The monoisotopic (exact) mass is 358 g/mol. The van der Waals surface area contributed by atoms with E-state index in [1.807, 2.05) is 0 Å². The third-order valence-electron chi connectivity index (χ3n) is 2.60. The lowest BCUT2D eigenvalue weighted by molar-refractivity contribution is -0.342. The Bertz CT molecular complexity index is 279. The van der Waals surface area contributed by atoms with Gasteiger partial charge in [0.25, 0.3) is 0 Å². The van der Waals surface area contributed by atoms with E-state index in [1.165, 1.54) is 0 Å². The van der Waals surface area contributed by atoms with Crippen LogP contribution >= 0.6 is 15.9 Å². The number of hydrogen-bond donors (Lipinski definition) is 0. The molecule has 0 radical (unpaired) electrons. The number of rotatable bonds is 5. The van der Waals surface area contributed by atoms with Crippen molar-refractivity contribution < 1.29 is 35.8 Å². The highest BCUT2D eigenvalue weighted by Gasteiger charge is 2.60. The van der Waals surface area contributed by atoms with Crippen molar-refractivity contribution in [2.24, 2.45) is 0 Å². The van der Waals surface area contributed by atoms with Crippen LogP contribution in [-0.4, -0.2) is 42.1 Å². The van der Waals surface area contributed by atoms with E-state index in [0.29, 0.717) is 6.42 Å². The molecule has 1 aliphatic rings. The van der Waals surface area contributed by atoms with Crippen molar-refractivity contribution in [3.8, 4) is 0 Å². The van der Waals surface area contributed by atoms with E-state index in [-0.39, 0.29) is 17.9 Å². The Labute approximate surface area is 114 Å². The van der Waals surface area contributed by atoms with E-state index in [2.05, 4.69) is 20.7 Å². The molecule has 19 heavy (non-hydrogen) atoms. The first-order valence-corrected chi connectivity index (χ1v) is 6.53. The Morgan fingerprint density at radius 1 is 1.16 bits per heavy atom. The molecule has 0 aromatic carbocycles. The zero-order valence-corrected chi connectivity index (χ0v) is 11.5. The molecule has 0 N–H and O–H groups in total. The van der Waals surface area contributed by atoms with E-state index in [0.717, 1.165) is 0 Å². The van der Waals surface area contributed by atoms with E-state index in [4.69, 9.17) is 4.74 Å². The second kappa shape index (κ2) is 6.17. The van der Waals surface area contributed by atoms with Gasteiger partial charge in [0.05, 0.1) is 12.2 Å². The lowest BCUT2D eigenvalue weighted by Gasteiger charge is -2.42. The van der Waals surface area contributed by atoms with Gasteiger partial charge >= 0.3 is 12.4 Å². The predicted molar refractivity (Wildman–Crippen MR) is 58.1 cm³/mol. The second-order valence-electron chi connectivity index (χ2n) is 4.22. The van der Waals surface area contributed by atoms with Gasteiger partial charge in [0.15, 0.2) is 0 Å². The molecule has 3 unspecified atom stereocenters. The molecule has 1 saturated carbocycles. The molecule has 0 bridgehead atoms. The minimum absolute atomic E-state index is 0.0526. The Hall–Kier alpha value is -0.0200. The summed E-state index contributed by atoms with van der Waals surface area (Å²) in [6.07, 6.45) is -16.0. The summed E-state index contributed by atoms with van der Waals surface area (Å²) >= 11 is 3.12. The summed E-state index contributed by atoms with van der Waals surface area (Å²) in [4.78, 5) is -0.286. The van der Waals surface area contributed by atoms with Crippen molar-refractivity contribution in [3.63, 3.8) is 0 Å². The number of alkyl halides is 7. The first-order chi connectivity index (χ1) is 8.57. The van der Waals surface area contributed by atoms with E-state index in [9.17, 15) is 26.3 Å². The molecule has 1 fully saturated rings.